The fourth-order valence-corrected chi connectivity index (χ4v) is 2.85. The topological polar surface area (TPSA) is 9.23 Å². The highest BCUT2D eigenvalue weighted by atomic mass is 79.9. The molecule has 1 aliphatic carbocycles. The van der Waals surface area contributed by atoms with Gasteiger partial charge in [-0.1, -0.05) is 33.6 Å². The Balaban J connectivity index is 2.32. The average Bonchev–Trinajstić information content (AvgIpc) is 2.96. The molecule has 76 valence electrons. The van der Waals surface area contributed by atoms with Gasteiger partial charge in [0, 0.05) is 15.9 Å². The van der Waals surface area contributed by atoms with E-state index in [1.54, 1.807) is 7.11 Å². The molecule has 2 atom stereocenters. The summed E-state index contributed by atoms with van der Waals surface area (Å²) < 4.78 is 5.32. The predicted molar refractivity (Wildman–Crippen MR) is 62.6 cm³/mol. The summed E-state index contributed by atoms with van der Waals surface area (Å²) in [6, 6.07) is 5.84. The summed E-state index contributed by atoms with van der Waals surface area (Å²) in [5, 5.41) is 1.88. The van der Waals surface area contributed by atoms with E-state index in [4.69, 9.17) is 16.3 Å². The van der Waals surface area contributed by atoms with Crippen molar-refractivity contribution in [2.24, 2.45) is 5.92 Å². The minimum Gasteiger partial charge on any atom is -0.496 e. The third-order valence-corrected chi connectivity index (χ3v) is 3.89. The molecule has 1 aromatic rings. The predicted octanol–water partition coefficient (Wildman–Crippen LogP) is 3.85. The lowest BCUT2D eigenvalue weighted by Gasteiger charge is -2.09. The molecule has 1 fully saturated rings. The zero-order valence-electron chi connectivity index (χ0n) is 7.97. The van der Waals surface area contributed by atoms with Crippen LogP contribution in [0.25, 0.3) is 0 Å². The quantitative estimate of drug-likeness (QED) is 0.762. The van der Waals surface area contributed by atoms with Crippen molar-refractivity contribution in [2.75, 3.05) is 12.4 Å². The maximum Gasteiger partial charge on any atom is 0.123 e. The Hall–Kier alpha value is -0.210. The van der Waals surface area contributed by atoms with E-state index in [9.17, 15) is 0 Å². The number of ether oxygens (including phenoxy) is 1. The molecule has 1 saturated carbocycles. The first-order valence-electron chi connectivity index (χ1n) is 4.66. The van der Waals surface area contributed by atoms with Crippen LogP contribution in [0.1, 0.15) is 17.9 Å². The molecule has 0 N–H and O–H groups in total. The van der Waals surface area contributed by atoms with Gasteiger partial charge in [0.2, 0.25) is 0 Å². The van der Waals surface area contributed by atoms with Gasteiger partial charge in [-0.25, -0.2) is 0 Å². The molecule has 0 saturated heterocycles. The van der Waals surface area contributed by atoms with Gasteiger partial charge in [-0.2, -0.15) is 0 Å². The lowest BCUT2D eigenvalue weighted by molar-refractivity contribution is 0.409. The molecule has 2 unspecified atom stereocenters. The fourth-order valence-electron chi connectivity index (χ4n) is 1.83. The second kappa shape index (κ2) is 4.11. The van der Waals surface area contributed by atoms with Crippen molar-refractivity contribution < 1.29 is 4.74 Å². The lowest BCUT2D eigenvalue weighted by atomic mass is 10.1. The van der Waals surface area contributed by atoms with Crippen molar-refractivity contribution in [1.29, 1.82) is 0 Å². The Morgan fingerprint density at radius 3 is 2.93 bits per heavy atom. The van der Waals surface area contributed by atoms with E-state index in [1.165, 1.54) is 12.0 Å². The molecular formula is C11H12BrClO. The van der Waals surface area contributed by atoms with Crippen LogP contribution >= 0.6 is 27.5 Å². The summed E-state index contributed by atoms with van der Waals surface area (Å²) in [6.07, 6.45) is 1.21. The number of alkyl halides is 1. The number of methoxy groups -OCH3 is 1. The number of hydrogen-bond acceptors (Lipinski definition) is 1. The minimum absolute atomic E-state index is 0.582. The highest BCUT2D eigenvalue weighted by Gasteiger charge is 2.40. The Labute approximate surface area is 97.5 Å². The average molecular weight is 276 g/mol. The third-order valence-electron chi connectivity index (χ3n) is 2.72. The first kappa shape index (κ1) is 10.3. The van der Waals surface area contributed by atoms with Crippen molar-refractivity contribution in [2.45, 2.75) is 12.3 Å². The van der Waals surface area contributed by atoms with Crippen molar-refractivity contribution in [3.05, 3.63) is 28.8 Å². The molecule has 14 heavy (non-hydrogen) atoms. The molecule has 3 heteroatoms. The van der Waals surface area contributed by atoms with Gasteiger partial charge in [-0.05, 0) is 30.4 Å². The fraction of sp³-hybridized carbons (Fsp3) is 0.455. The highest BCUT2D eigenvalue weighted by molar-refractivity contribution is 9.09. The SMILES string of the molecule is COc1cccc(Cl)c1C1CC1CBr. The summed E-state index contributed by atoms with van der Waals surface area (Å²) in [6.45, 7) is 0. The van der Waals surface area contributed by atoms with Crippen molar-refractivity contribution in [3.8, 4) is 5.75 Å². The van der Waals surface area contributed by atoms with Crippen molar-refractivity contribution >= 4 is 27.5 Å². The van der Waals surface area contributed by atoms with Gasteiger partial charge in [-0.3, -0.25) is 0 Å². The number of rotatable bonds is 3. The molecule has 0 aliphatic heterocycles. The monoisotopic (exact) mass is 274 g/mol. The highest BCUT2D eigenvalue weighted by Crippen LogP contribution is 2.53. The van der Waals surface area contributed by atoms with Crippen molar-refractivity contribution in [1.82, 2.24) is 0 Å². The third kappa shape index (κ3) is 1.78. The summed E-state index contributed by atoms with van der Waals surface area (Å²) in [5.41, 5.74) is 1.18. The van der Waals surface area contributed by atoms with E-state index >= 15 is 0 Å². The van der Waals surface area contributed by atoms with Gasteiger partial charge >= 0.3 is 0 Å². The van der Waals surface area contributed by atoms with E-state index in [0.29, 0.717) is 5.92 Å². The smallest absolute Gasteiger partial charge is 0.123 e. The molecular weight excluding hydrogens is 263 g/mol. The normalized spacial score (nSPS) is 24.8. The summed E-state index contributed by atoms with van der Waals surface area (Å²) >= 11 is 9.67. The maximum absolute atomic E-state index is 6.17. The van der Waals surface area contributed by atoms with Gasteiger partial charge in [-0.15, -0.1) is 0 Å². The van der Waals surface area contributed by atoms with Gasteiger partial charge in [0.15, 0.2) is 0 Å². The van der Waals surface area contributed by atoms with E-state index < -0.39 is 0 Å². The Bertz CT molecular complexity index is 340. The summed E-state index contributed by atoms with van der Waals surface area (Å²) in [4.78, 5) is 0. The van der Waals surface area contributed by atoms with E-state index in [2.05, 4.69) is 15.9 Å². The first-order valence-corrected chi connectivity index (χ1v) is 6.16. The largest absolute Gasteiger partial charge is 0.496 e. The first-order chi connectivity index (χ1) is 6.77. The van der Waals surface area contributed by atoms with Crippen LogP contribution in [0.2, 0.25) is 5.02 Å². The molecule has 0 spiro atoms. The van der Waals surface area contributed by atoms with Crippen LogP contribution in [0, 0.1) is 5.92 Å². The molecule has 0 radical (unpaired) electrons. The van der Waals surface area contributed by atoms with Crippen LogP contribution in [0.3, 0.4) is 0 Å². The number of benzene rings is 1. The van der Waals surface area contributed by atoms with Gasteiger partial charge in [0.1, 0.15) is 5.75 Å². The lowest BCUT2D eigenvalue weighted by Crippen LogP contribution is -1.92. The zero-order chi connectivity index (χ0) is 10.1. The summed E-state index contributed by atoms with van der Waals surface area (Å²) in [7, 11) is 1.70. The van der Waals surface area contributed by atoms with E-state index in [1.807, 2.05) is 18.2 Å². The second-order valence-electron chi connectivity index (χ2n) is 3.61. The standard InChI is InChI=1S/C11H12BrClO/c1-14-10-4-2-3-9(13)11(10)8-5-7(8)6-12/h2-4,7-8H,5-6H2,1H3. The Morgan fingerprint density at radius 2 is 2.36 bits per heavy atom. The molecule has 0 aromatic heterocycles. The zero-order valence-corrected chi connectivity index (χ0v) is 10.3. The Morgan fingerprint density at radius 1 is 1.57 bits per heavy atom. The van der Waals surface area contributed by atoms with Crippen LogP contribution in [0.15, 0.2) is 18.2 Å². The van der Waals surface area contributed by atoms with E-state index in [-0.39, 0.29) is 0 Å². The molecule has 2 rings (SSSR count). The Kier molecular flexibility index (Phi) is 3.03. The van der Waals surface area contributed by atoms with Crippen LogP contribution in [-0.4, -0.2) is 12.4 Å². The van der Waals surface area contributed by atoms with Gasteiger partial charge in [0.05, 0.1) is 7.11 Å². The molecule has 1 aliphatic rings. The van der Waals surface area contributed by atoms with Crippen LogP contribution in [0.5, 0.6) is 5.75 Å². The molecule has 1 nitrogen and oxygen atoms in total. The van der Waals surface area contributed by atoms with E-state index in [0.717, 1.165) is 22.0 Å². The second-order valence-corrected chi connectivity index (χ2v) is 4.67. The van der Waals surface area contributed by atoms with Crippen LogP contribution < -0.4 is 4.74 Å². The molecule has 0 heterocycles. The molecule has 1 aromatic carbocycles. The van der Waals surface area contributed by atoms with Crippen LogP contribution in [-0.2, 0) is 0 Å². The van der Waals surface area contributed by atoms with Gasteiger partial charge in [0.25, 0.3) is 0 Å². The minimum atomic E-state index is 0.582. The molecule has 0 bridgehead atoms. The number of hydrogen-bond donors (Lipinski definition) is 0. The maximum atomic E-state index is 6.17. The molecule has 0 amide bonds. The number of halogens is 2. The summed E-state index contributed by atoms with van der Waals surface area (Å²) in [5.74, 6) is 2.23. The van der Waals surface area contributed by atoms with Crippen LogP contribution in [0.4, 0.5) is 0 Å². The van der Waals surface area contributed by atoms with Crippen molar-refractivity contribution in [3.63, 3.8) is 0 Å². The van der Waals surface area contributed by atoms with Gasteiger partial charge < -0.3 is 4.74 Å².